The van der Waals surface area contributed by atoms with Crippen LogP contribution in [0, 0.1) is 13.8 Å². The van der Waals surface area contributed by atoms with Crippen LogP contribution in [-0.4, -0.2) is 65.2 Å². The SMILES string of the molecule is CNc1n[nH]c(C)n1.COc1ccc(C)cc1.O=CO.OC1CCNC1. The molecule has 1 aliphatic heterocycles. The number of nitrogens with one attached hydrogen (secondary N) is 3. The molecule has 146 valence electrons. The second-order valence-corrected chi connectivity index (χ2v) is 5.26. The number of anilines is 1. The van der Waals surface area contributed by atoms with Crippen LogP contribution in [0.15, 0.2) is 24.3 Å². The lowest BCUT2D eigenvalue weighted by Crippen LogP contribution is -2.11. The van der Waals surface area contributed by atoms with Crippen molar-refractivity contribution in [2.45, 2.75) is 26.4 Å². The van der Waals surface area contributed by atoms with Crippen molar-refractivity contribution in [2.24, 2.45) is 0 Å². The summed E-state index contributed by atoms with van der Waals surface area (Å²) in [4.78, 5) is 12.3. The van der Waals surface area contributed by atoms with E-state index >= 15 is 0 Å². The van der Waals surface area contributed by atoms with E-state index in [9.17, 15) is 0 Å². The van der Waals surface area contributed by atoms with Gasteiger partial charge in [0.25, 0.3) is 6.47 Å². The predicted molar refractivity (Wildman–Crippen MR) is 101 cm³/mol. The van der Waals surface area contributed by atoms with Gasteiger partial charge in [0.15, 0.2) is 0 Å². The van der Waals surface area contributed by atoms with E-state index in [1.807, 2.05) is 31.2 Å². The van der Waals surface area contributed by atoms with Crippen LogP contribution in [0.3, 0.4) is 0 Å². The average Bonchev–Trinajstić information content (AvgIpc) is 3.28. The standard InChI is InChI=1S/C8H10O.C4H8N4.C4H9NO.CH2O2/c1-7-3-5-8(9-2)6-4-7;1-3-6-4(5-2)8-7-3;6-4-1-2-5-3-4;2-1-3/h3-6H,1-2H3;1-2H3,(H2,5,6,7,8);4-6H,1-3H2;1H,(H,2,3). The quantitative estimate of drug-likeness (QED) is 0.500. The molecule has 2 heterocycles. The Kier molecular flexibility index (Phi) is 13.2. The molecule has 9 heteroatoms. The molecule has 26 heavy (non-hydrogen) atoms. The number of hydrogen-bond donors (Lipinski definition) is 5. The molecule has 1 aromatic heterocycles. The molecular weight excluding hydrogens is 338 g/mol. The van der Waals surface area contributed by atoms with E-state index in [0.717, 1.165) is 31.1 Å². The van der Waals surface area contributed by atoms with Crippen LogP contribution < -0.4 is 15.4 Å². The monoisotopic (exact) mass is 367 g/mol. The van der Waals surface area contributed by atoms with E-state index in [4.69, 9.17) is 19.7 Å². The van der Waals surface area contributed by atoms with Crippen LogP contribution in [0.1, 0.15) is 17.8 Å². The fourth-order valence-electron chi connectivity index (χ4n) is 1.77. The van der Waals surface area contributed by atoms with E-state index < -0.39 is 0 Å². The summed E-state index contributed by atoms with van der Waals surface area (Å²) in [6.45, 7) is 5.44. The van der Waals surface area contributed by atoms with E-state index in [2.05, 4.69) is 32.7 Å². The Morgan fingerprint density at radius 1 is 1.31 bits per heavy atom. The first-order chi connectivity index (χ1) is 12.5. The Morgan fingerprint density at radius 3 is 2.19 bits per heavy atom. The number of aromatic nitrogens is 3. The first-order valence-corrected chi connectivity index (χ1v) is 8.10. The van der Waals surface area contributed by atoms with E-state index in [1.54, 1.807) is 14.2 Å². The minimum Gasteiger partial charge on any atom is -0.497 e. The van der Waals surface area contributed by atoms with Gasteiger partial charge in [0, 0.05) is 13.6 Å². The summed E-state index contributed by atoms with van der Waals surface area (Å²) in [5, 5.41) is 27.9. The van der Waals surface area contributed by atoms with E-state index in [1.165, 1.54) is 5.56 Å². The minimum atomic E-state index is -0.250. The van der Waals surface area contributed by atoms with Gasteiger partial charge in [-0.1, -0.05) is 17.7 Å². The van der Waals surface area contributed by atoms with Gasteiger partial charge in [0.2, 0.25) is 5.95 Å². The lowest BCUT2D eigenvalue weighted by molar-refractivity contribution is -0.122. The number of methoxy groups -OCH3 is 1. The number of β-amino-alcohol motifs (C(OH)–C–C–N with tert-alkyl or cyclic N) is 1. The lowest BCUT2D eigenvalue weighted by Gasteiger charge is -1.97. The molecule has 0 saturated carbocycles. The molecule has 1 unspecified atom stereocenters. The number of rotatable bonds is 2. The smallest absolute Gasteiger partial charge is 0.290 e. The van der Waals surface area contributed by atoms with Gasteiger partial charge >= 0.3 is 0 Å². The van der Waals surface area contributed by atoms with Crippen LogP contribution in [0.4, 0.5) is 5.95 Å². The summed E-state index contributed by atoms with van der Waals surface area (Å²) in [5.41, 5.74) is 1.26. The van der Waals surface area contributed by atoms with Gasteiger partial charge in [0.1, 0.15) is 11.6 Å². The largest absolute Gasteiger partial charge is 0.497 e. The number of nitrogens with zero attached hydrogens (tertiary/aromatic N) is 2. The Hall–Kier alpha value is -2.65. The van der Waals surface area contributed by atoms with Crippen LogP contribution in [0.5, 0.6) is 5.75 Å². The zero-order chi connectivity index (χ0) is 19.8. The van der Waals surface area contributed by atoms with Crippen LogP contribution in [0.2, 0.25) is 0 Å². The van der Waals surface area contributed by atoms with Crippen molar-refractivity contribution < 1.29 is 19.7 Å². The number of hydrogen-bond acceptors (Lipinski definition) is 7. The molecular formula is C17H29N5O4. The van der Waals surface area contributed by atoms with Crippen molar-refractivity contribution >= 4 is 12.4 Å². The van der Waals surface area contributed by atoms with Gasteiger partial charge in [-0.25, -0.2) is 0 Å². The summed E-state index contributed by atoms with van der Waals surface area (Å²) >= 11 is 0. The lowest BCUT2D eigenvalue weighted by atomic mass is 10.2. The normalized spacial score (nSPS) is 14.4. The summed E-state index contributed by atoms with van der Waals surface area (Å²) < 4.78 is 4.97. The molecule has 1 fully saturated rings. The second kappa shape index (κ2) is 14.7. The zero-order valence-electron chi connectivity index (χ0n) is 15.7. The van der Waals surface area contributed by atoms with E-state index in [0.29, 0.717) is 5.95 Å². The molecule has 1 aliphatic rings. The molecule has 0 spiro atoms. The highest BCUT2D eigenvalue weighted by atomic mass is 16.5. The molecule has 2 aromatic rings. The molecule has 0 bridgehead atoms. The van der Waals surface area contributed by atoms with Crippen molar-refractivity contribution in [3.05, 3.63) is 35.7 Å². The third-order valence-electron chi connectivity index (χ3n) is 3.11. The Bertz CT molecular complexity index is 583. The molecule has 1 atom stereocenters. The van der Waals surface area contributed by atoms with Crippen LogP contribution in [0.25, 0.3) is 0 Å². The first kappa shape index (κ1) is 23.4. The number of aromatic amines is 1. The molecule has 0 amide bonds. The van der Waals surface area contributed by atoms with Gasteiger partial charge in [-0.3, -0.25) is 9.89 Å². The number of carboxylic acid groups (broad SMARTS) is 1. The van der Waals surface area contributed by atoms with Crippen molar-refractivity contribution in [1.29, 1.82) is 0 Å². The summed E-state index contributed by atoms with van der Waals surface area (Å²) in [6.07, 6.45) is 0.866. The number of aliphatic hydroxyl groups is 1. The number of ether oxygens (including phenoxy) is 1. The molecule has 1 saturated heterocycles. The van der Waals surface area contributed by atoms with Crippen LogP contribution in [-0.2, 0) is 4.79 Å². The zero-order valence-corrected chi connectivity index (χ0v) is 15.7. The van der Waals surface area contributed by atoms with Crippen molar-refractivity contribution in [1.82, 2.24) is 20.5 Å². The summed E-state index contributed by atoms with van der Waals surface area (Å²) in [7, 11) is 3.45. The Labute approximate surface area is 153 Å². The Morgan fingerprint density at radius 2 is 1.92 bits per heavy atom. The van der Waals surface area contributed by atoms with Gasteiger partial charge in [-0.2, -0.15) is 4.98 Å². The van der Waals surface area contributed by atoms with E-state index in [-0.39, 0.29) is 12.6 Å². The Balaban J connectivity index is 0.000000340. The predicted octanol–water partition coefficient (Wildman–Crippen LogP) is 1.20. The highest BCUT2D eigenvalue weighted by molar-refractivity contribution is 5.32. The minimum absolute atomic E-state index is 0.0648. The number of aliphatic hydroxyl groups excluding tert-OH is 1. The van der Waals surface area contributed by atoms with Crippen molar-refractivity contribution in [2.75, 3.05) is 32.6 Å². The van der Waals surface area contributed by atoms with Gasteiger partial charge in [-0.05, 0) is 38.9 Å². The fourth-order valence-corrected chi connectivity index (χ4v) is 1.77. The number of carbonyl (C=O) groups is 1. The van der Waals surface area contributed by atoms with Gasteiger partial charge < -0.3 is 25.6 Å². The molecule has 0 radical (unpaired) electrons. The molecule has 9 nitrogen and oxygen atoms in total. The van der Waals surface area contributed by atoms with Crippen molar-refractivity contribution in [3.8, 4) is 5.75 Å². The maximum atomic E-state index is 8.67. The first-order valence-electron chi connectivity index (χ1n) is 8.10. The molecule has 0 aliphatic carbocycles. The molecule has 1 aromatic carbocycles. The topological polar surface area (TPSA) is 132 Å². The summed E-state index contributed by atoms with van der Waals surface area (Å²) in [5.74, 6) is 2.39. The van der Waals surface area contributed by atoms with Gasteiger partial charge in [0.05, 0.1) is 13.2 Å². The average molecular weight is 367 g/mol. The second-order valence-electron chi connectivity index (χ2n) is 5.26. The number of H-pyrrole nitrogens is 1. The number of aryl methyl sites for hydroxylation is 2. The third kappa shape index (κ3) is 11.8. The number of benzene rings is 1. The maximum Gasteiger partial charge on any atom is 0.290 e. The summed E-state index contributed by atoms with van der Waals surface area (Å²) in [6, 6.07) is 7.96. The highest BCUT2D eigenvalue weighted by Crippen LogP contribution is 2.09. The van der Waals surface area contributed by atoms with Crippen molar-refractivity contribution in [3.63, 3.8) is 0 Å². The van der Waals surface area contributed by atoms with Gasteiger partial charge in [-0.15, -0.1) is 5.10 Å². The maximum absolute atomic E-state index is 8.67. The molecule has 3 rings (SSSR count). The molecule has 5 N–H and O–H groups in total. The third-order valence-corrected chi connectivity index (χ3v) is 3.11. The van der Waals surface area contributed by atoms with Crippen LogP contribution >= 0.6 is 0 Å². The fraction of sp³-hybridized carbons (Fsp3) is 0.471. The highest BCUT2D eigenvalue weighted by Gasteiger charge is 2.08.